The molecule has 2 heterocycles. The molecule has 0 radical (unpaired) electrons. The minimum absolute atomic E-state index is 0.162. The van der Waals surface area contributed by atoms with Crippen LogP contribution in [0.2, 0.25) is 5.02 Å². The average Bonchev–Trinajstić information content (AvgIpc) is 2.82. The van der Waals surface area contributed by atoms with Crippen LogP contribution in [0.1, 0.15) is 5.56 Å². The van der Waals surface area contributed by atoms with Gasteiger partial charge in [-0.15, -0.1) is 0 Å². The lowest BCUT2D eigenvalue weighted by Crippen LogP contribution is -2.27. The number of benzene rings is 1. The minimum atomic E-state index is 0.162. The average molecular weight is 275 g/mol. The molecule has 0 saturated heterocycles. The van der Waals surface area contributed by atoms with Crippen LogP contribution < -0.4 is 11.3 Å². The maximum Gasteiger partial charge on any atom is 0.168 e. The number of nitrogens with two attached hydrogens (primary N) is 1. The van der Waals surface area contributed by atoms with Crippen LogP contribution >= 0.6 is 11.6 Å². The van der Waals surface area contributed by atoms with Crippen molar-refractivity contribution < 1.29 is 0 Å². The van der Waals surface area contributed by atoms with E-state index in [-0.39, 0.29) is 5.49 Å². The number of nitrogen functional groups attached to an aromatic ring is 1. The predicted molar refractivity (Wildman–Crippen MR) is 72.6 cm³/mol. The monoisotopic (exact) mass is 274 g/mol. The Hall–Kier alpha value is -2.34. The molecule has 2 aromatic heterocycles. The Labute approximate surface area is 113 Å². The molecule has 0 saturated carbocycles. The molecule has 3 aromatic rings. The van der Waals surface area contributed by atoms with Gasteiger partial charge in [-0.1, -0.05) is 17.7 Å². The van der Waals surface area contributed by atoms with Gasteiger partial charge < -0.3 is 5.84 Å². The summed E-state index contributed by atoms with van der Waals surface area (Å²) in [5, 5.41) is 13.4. The van der Waals surface area contributed by atoms with Crippen molar-refractivity contribution in [3.63, 3.8) is 0 Å². The van der Waals surface area contributed by atoms with Crippen molar-refractivity contribution in [2.75, 3.05) is 5.84 Å². The number of fused-ring (bicyclic) bond motifs is 1. The molecule has 96 valence electrons. The molecule has 0 aliphatic rings. The summed E-state index contributed by atoms with van der Waals surface area (Å²) in [5.41, 5.74) is 2.53. The molecule has 0 fully saturated rings. The summed E-state index contributed by atoms with van der Waals surface area (Å²) >= 11 is 6.12. The van der Waals surface area contributed by atoms with E-state index in [0.29, 0.717) is 16.1 Å². The van der Waals surface area contributed by atoms with E-state index in [2.05, 4.69) is 10.1 Å². The second kappa shape index (κ2) is 4.10. The van der Waals surface area contributed by atoms with Crippen LogP contribution in [0.3, 0.4) is 0 Å². The Morgan fingerprint density at radius 2 is 2.16 bits per heavy atom. The third kappa shape index (κ3) is 1.77. The fraction of sp³-hybridized carbons (Fsp3) is 0.0833. The molecule has 0 aliphatic carbocycles. The number of hydrogen-bond donors (Lipinski definition) is 2. The van der Waals surface area contributed by atoms with E-state index in [1.807, 2.05) is 25.1 Å². The first kappa shape index (κ1) is 11.7. The van der Waals surface area contributed by atoms with Crippen LogP contribution in [0.25, 0.3) is 16.7 Å². The molecular formula is C12H11ClN6. The lowest BCUT2D eigenvalue weighted by atomic mass is 10.2. The molecule has 19 heavy (non-hydrogen) atoms. The third-order valence-corrected chi connectivity index (χ3v) is 3.37. The third-order valence-electron chi connectivity index (χ3n) is 2.96. The van der Waals surface area contributed by atoms with Gasteiger partial charge in [-0.25, -0.2) is 14.3 Å². The highest BCUT2D eigenvalue weighted by Crippen LogP contribution is 2.20. The van der Waals surface area contributed by atoms with Gasteiger partial charge in [-0.05, 0) is 24.6 Å². The normalized spacial score (nSPS) is 11.1. The van der Waals surface area contributed by atoms with Gasteiger partial charge in [-0.3, -0.25) is 5.41 Å². The Balaban J connectivity index is 2.29. The van der Waals surface area contributed by atoms with E-state index in [1.54, 1.807) is 10.9 Å². The molecule has 0 unspecified atom stereocenters. The van der Waals surface area contributed by atoms with E-state index in [4.69, 9.17) is 22.9 Å². The molecule has 7 heteroatoms. The number of nitrogens with one attached hydrogen (secondary N) is 1. The highest BCUT2D eigenvalue weighted by atomic mass is 35.5. The SMILES string of the molecule is Cc1ccc(-n2ncc3c(=N)n(N)cnc32)cc1Cl. The van der Waals surface area contributed by atoms with E-state index in [9.17, 15) is 0 Å². The maximum atomic E-state index is 7.86. The maximum absolute atomic E-state index is 7.86. The Bertz CT molecular complexity index is 832. The lowest BCUT2D eigenvalue weighted by Gasteiger charge is -2.05. The molecule has 6 nitrogen and oxygen atoms in total. The summed E-state index contributed by atoms with van der Waals surface area (Å²) in [4.78, 5) is 4.21. The zero-order chi connectivity index (χ0) is 13.6. The minimum Gasteiger partial charge on any atom is -0.336 e. The molecule has 0 atom stereocenters. The van der Waals surface area contributed by atoms with Gasteiger partial charge in [0.05, 0.1) is 17.3 Å². The summed E-state index contributed by atoms with van der Waals surface area (Å²) in [5.74, 6) is 5.59. The molecule has 1 aromatic carbocycles. The van der Waals surface area contributed by atoms with Crippen LogP contribution in [0.4, 0.5) is 0 Å². The van der Waals surface area contributed by atoms with Gasteiger partial charge in [0, 0.05) is 5.02 Å². The second-order valence-corrected chi connectivity index (χ2v) is 4.63. The second-order valence-electron chi connectivity index (χ2n) is 4.23. The predicted octanol–water partition coefficient (Wildman–Crippen LogP) is 1.38. The van der Waals surface area contributed by atoms with Gasteiger partial charge in [0.1, 0.15) is 6.33 Å². The quantitative estimate of drug-likeness (QED) is 0.657. The topological polar surface area (TPSA) is 85.5 Å². The number of nitrogens with zero attached hydrogens (tertiary/aromatic N) is 4. The molecule has 0 spiro atoms. The summed E-state index contributed by atoms with van der Waals surface area (Å²) < 4.78 is 2.79. The first-order chi connectivity index (χ1) is 9.08. The van der Waals surface area contributed by atoms with Crippen molar-refractivity contribution in [3.05, 3.63) is 46.8 Å². The molecular weight excluding hydrogens is 264 g/mol. The zero-order valence-corrected chi connectivity index (χ0v) is 10.9. The summed E-state index contributed by atoms with van der Waals surface area (Å²) in [7, 11) is 0. The van der Waals surface area contributed by atoms with E-state index in [0.717, 1.165) is 15.9 Å². The number of hydrogen-bond acceptors (Lipinski definition) is 4. The fourth-order valence-corrected chi connectivity index (χ4v) is 2.02. The van der Waals surface area contributed by atoms with Crippen molar-refractivity contribution in [1.82, 2.24) is 19.4 Å². The summed E-state index contributed by atoms with van der Waals surface area (Å²) in [6.07, 6.45) is 2.96. The molecule has 3 N–H and O–H groups in total. The van der Waals surface area contributed by atoms with Crippen LogP contribution in [0, 0.1) is 12.3 Å². The van der Waals surface area contributed by atoms with Crippen LogP contribution in [0.5, 0.6) is 0 Å². The fourth-order valence-electron chi connectivity index (χ4n) is 1.85. The van der Waals surface area contributed by atoms with Crippen LogP contribution in [0.15, 0.2) is 30.7 Å². The number of halogens is 1. The van der Waals surface area contributed by atoms with E-state index in [1.165, 1.54) is 6.33 Å². The van der Waals surface area contributed by atoms with Crippen LogP contribution in [-0.4, -0.2) is 19.4 Å². The standard InChI is InChI=1S/C12H11ClN6/c1-7-2-3-8(4-10(7)13)19-12-9(5-17-19)11(14)18(15)6-16-12/h2-6,14H,15H2,1H3. The van der Waals surface area contributed by atoms with Crippen LogP contribution in [-0.2, 0) is 0 Å². The Kier molecular flexibility index (Phi) is 2.53. The first-order valence-electron chi connectivity index (χ1n) is 5.59. The highest BCUT2D eigenvalue weighted by molar-refractivity contribution is 6.31. The lowest BCUT2D eigenvalue weighted by molar-refractivity contribution is 0.850. The largest absolute Gasteiger partial charge is 0.336 e. The molecule has 3 rings (SSSR count). The summed E-state index contributed by atoms with van der Waals surface area (Å²) in [6.45, 7) is 1.94. The van der Waals surface area contributed by atoms with Crippen molar-refractivity contribution in [1.29, 1.82) is 5.41 Å². The molecule has 0 amide bonds. The molecule has 0 bridgehead atoms. The highest BCUT2D eigenvalue weighted by Gasteiger charge is 2.09. The first-order valence-corrected chi connectivity index (χ1v) is 5.97. The van der Waals surface area contributed by atoms with Crippen molar-refractivity contribution in [2.45, 2.75) is 6.92 Å². The van der Waals surface area contributed by atoms with Gasteiger partial charge in [0.2, 0.25) is 0 Å². The number of rotatable bonds is 1. The van der Waals surface area contributed by atoms with Gasteiger partial charge >= 0.3 is 0 Å². The Morgan fingerprint density at radius 1 is 1.37 bits per heavy atom. The number of aromatic nitrogens is 4. The summed E-state index contributed by atoms with van der Waals surface area (Å²) in [6, 6.07) is 5.64. The van der Waals surface area contributed by atoms with Crippen molar-refractivity contribution >= 4 is 22.6 Å². The molecule has 0 aliphatic heterocycles. The van der Waals surface area contributed by atoms with E-state index >= 15 is 0 Å². The van der Waals surface area contributed by atoms with Crippen molar-refractivity contribution in [3.8, 4) is 5.69 Å². The Morgan fingerprint density at radius 3 is 2.89 bits per heavy atom. The van der Waals surface area contributed by atoms with E-state index < -0.39 is 0 Å². The van der Waals surface area contributed by atoms with Gasteiger partial charge in [0.25, 0.3) is 0 Å². The zero-order valence-electron chi connectivity index (χ0n) is 10.1. The smallest absolute Gasteiger partial charge is 0.168 e. The van der Waals surface area contributed by atoms with Gasteiger partial charge in [0.15, 0.2) is 11.1 Å². The number of aryl methyl sites for hydroxylation is 1. The van der Waals surface area contributed by atoms with Crippen molar-refractivity contribution in [2.24, 2.45) is 0 Å². The van der Waals surface area contributed by atoms with Gasteiger partial charge in [-0.2, -0.15) is 5.10 Å².